The average Bonchev–Trinajstić information content (AvgIpc) is 2.72. The highest BCUT2D eigenvalue weighted by atomic mass is 28.4. The predicted octanol–water partition coefficient (Wildman–Crippen LogP) is 2.81. The molecule has 0 saturated carbocycles. The third-order valence-electron chi connectivity index (χ3n) is 5.92. The van der Waals surface area contributed by atoms with E-state index in [0.29, 0.717) is 44.4 Å². The van der Waals surface area contributed by atoms with Gasteiger partial charge in [0.05, 0.1) is 37.0 Å². The van der Waals surface area contributed by atoms with E-state index in [1.165, 1.54) is 6.33 Å². The summed E-state index contributed by atoms with van der Waals surface area (Å²) in [6, 6.07) is 0. The van der Waals surface area contributed by atoms with Crippen LogP contribution in [-0.4, -0.2) is 60.7 Å². The van der Waals surface area contributed by atoms with E-state index in [9.17, 15) is 4.79 Å². The normalized spacial score (nSPS) is 15.4. The minimum Gasteiger partial charge on any atom is -0.417 e. The van der Waals surface area contributed by atoms with Gasteiger partial charge in [-0.3, -0.25) is 9.36 Å². The van der Waals surface area contributed by atoms with Crippen molar-refractivity contribution in [2.45, 2.75) is 51.7 Å². The van der Waals surface area contributed by atoms with Gasteiger partial charge < -0.3 is 14.1 Å². The van der Waals surface area contributed by atoms with Crippen molar-refractivity contribution in [3.05, 3.63) is 41.0 Å². The Morgan fingerprint density at radius 3 is 2.47 bits per heavy atom. The second-order valence-corrected chi connectivity index (χ2v) is 13.9. The van der Waals surface area contributed by atoms with E-state index in [1.54, 1.807) is 23.2 Å². The quantitative estimate of drug-likeness (QED) is 0.492. The standard InChI is InChI=1S/C21H33N5O3Si/c1-21(2,3)30(4,5)29-10-6-7-17-15-26(18-13-22-16-23-14-18)20(27)19(24-17)25-8-11-28-12-9-25/h13-16H,6-12H2,1-5H3. The molecule has 0 atom stereocenters. The summed E-state index contributed by atoms with van der Waals surface area (Å²) in [6.45, 7) is 14.5. The Labute approximate surface area is 179 Å². The summed E-state index contributed by atoms with van der Waals surface area (Å²) in [7, 11) is -1.77. The average molecular weight is 432 g/mol. The number of rotatable bonds is 7. The van der Waals surface area contributed by atoms with Gasteiger partial charge in [0.2, 0.25) is 0 Å². The summed E-state index contributed by atoms with van der Waals surface area (Å²) in [4.78, 5) is 28.0. The Morgan fingerprint density at radius 2 is 1.83 bits per heavy atom. The smallest absolute Gasteiger partial charge is 0.298 e. The molecule has 0 amide bonds. The van der Waals surface area contributed by atoms with Crippen molar-refractivity contribution in [3.8, 4) is 5.69 Å². The summed E-state index contributed by atoms with van der Waals surface area (Å²) in [5.74, 6) is 0.463. The minimum atomic E-state index is -1.77. The van der Waals surface area contributed by atoms with Crippen LogP contribution in [0.1, 0.15) is 32.9 Å². The first-order valence-electron chi connectivity index (χ1n) is 10.5. The Kier molecular flexibility index (Phi) is 7.05. The first-order chi connectivity index (χ1) is 14.2. The molecule has 0 N–H and O–H groups in total. The predicted molar refractivity (Wildman–Crippen MR) is 120 cm³/mol. The molecule has 1 fully saturated rings. The van der Waals surface area contributed by atoms with Crippen LogP contribution >= 0.6 is 0 Å². The zero-order chi connectivity index (χ0) is 21.8. The molecule has 30 heavy (non-hydrogen) atoms. The van der Waals surface area contributed by atoms with E-state index in [2.05, 4.69) is 43.8 Å². The highest BCUT2D eigenvalue weighted by molar-refractivity contribution is 6.74. The van der Waals surface area contributed by atoms with Crippen LogP contribution in [0.15, 0.2) is 29.7 Å². The molecular formula is C21H33N5O3Si. The summed E-state index contributed by atoms with van der Waals surface area (Å²) in [5.41, 5.74) is 1.34. The molecular weight excluding hydrogens is 398 g/mol. The molecule has 8 nitrogen and oxygen atoms in total. The van der Waals surface area contributed by atoms with Gasteiger partial charge >= 0.3 is 0 Å². The van der Waals surface area contributed by atoms with E-state index in [0.717, 1.165) is 18.5 Å². The Bertz CT molecular complexity index is 890. The lowest BCUT2D eigenvalue weighted by atomic mass is 10.2. The van der Waals surface area contributed by atoms with Gasteiger partial charge in [0.1, 0.15) is 6.33 Å². The second-order valence-electron chi connectivity index (χ2n) is 9.14. The van der Waals surface area contributed by atoms with Gasteiger partial charge in [-0.15, -0.1) is 0 Å². The maximum atomic E-state index is 13.1. The molecule has 3 rings (SSSR count). The molecule has 0 aliphatic carbocycles. The fourth-order valence-corrected chi connectivity index (χ4v) is 4.12. The van der Waals surface area contributed by atoms with Gasteiger partial charge in [-0.05, 0) is 31.0 Å². The zero-order valence-electron chi connectivity index (χ0n) is 18.7. The van der Waals surface area contributed by atoms with Gasteiger partial charge in [-0.1, -0.05) is 20.8 Å². The summed E-state index contributed by atoms with van der Waals surface area (Å²) >= 11 is 0. The van der Waals surface area contributed by atoms with Crippen LogP contribution in [0.3, 0.4) is 0 Å². The molecule has 164 valence electrons. The van der Waals surface area contributed by atoms with E-state index >= 15 is 0 Å². The number of aromatic nitrogens is 4. The number of hydrogen-bond acceptors (Lipinski definition) is 7. The molecule has 0 bridgehead atoms. The second kappa shape index (κ2) is 9.36. The molecule has 0 unspecified atom stereocenters. The Hall–Kier alpha value is -2.10. The van der Waals surface area contributed by atoms with Crippen molar-refractivity contribution in [2.75, 3.05) is 37.8 Å². The molecule has 2 aromatic rings. The lowest BCUT2D eigenvalue weighted by molar-refractivity contribution is 0.122. The summed E-state index contributed by atoms with van der Waals surface area (Å²) < 4.78 is 13.3. The number of ether oxygens (including phenoxy) is 1. The van der Waals surface area contributed by atoms with Crippen molar-refractivity contribution < 1.29 is 9.16 Å². The molecule has 1 aliphatic heterocycles. The third-order valence-corrected chi connectivity index (χ3v) is 10.5. The van der Waals surface area contributed by atoms with Crippen molar-refractivity contribution in [2.24, 2.45) is 0 Å². The highest BCUT2D eigenvalue weighted by Crippen LogP contribution is 2.36. The van der Waals surface area contributed by atoms with Gasteiger partial charge in [-0.2, -0.15) is 0 Å². The van der Waals surface area contributed by atoms with Crippen LogP contribution in [0.4, 0.5) is 5.82 Å². The van der Waals surface area contributed by atoms with Gasteiger partial charge in [0.25, 0.3) is 5.56 Å². The van der Waals surface area contributed by atoms with E-state index in [1.807, 2.05) is 4.90 Å². The lowest BCUT2D eigenvalue weighted by Gasteiger charge is -2.36. The lowest BCUT2D eigenvalue weighted by Crippen LogP contribution is -2.41. The molecule has 0 spiro atoms. The monoisotopic (exact) mass is 431 g/mol. The number of nitrogens with zero attached hydrogens (tertiary/aromatic N) is 5. The molecule has 0 aromatic carbocycles. The number of morpholine rings is 1. The first kappa shape index (κ1) is 22.6. The van der Waals surface area contributed by atoms with Crippen LogP contribution in [0.25, 0.3) is 5.69 Å². The molecule has 1 aliphatic rings. The van der Waals surface area contributed by atoms with E-state index < -0.39 is 8.32 Å². The van der Waals surface area contributed by atoms with Gasteiger partial charge in [-0.25, -0.2) is 15.0 Å². The van der Waals surface area contributed by atoms with Gasteiger partial charge in [0, 0.05) is 25.9 Å². The van der Waals surface area contributed by atoms with Crippen LogP contribution in [0, 0.1) is 0 Å². The third kappa shape index (κ3) is 5.33. The fraction of sp³-hybridized carbons (Fsp3) is 0.619. The maximum Gasteiger partial charge on any atom is 0.298 e. The SMILES string of the molecule is CC(C)(C)[Si](C)(C)OCCCc1cn(-c2cncnc2)c(=O)c(N2CCOCC2)n1. The van der Waals surface area contributed by atoms with Crippen molar-refractivity contribution in [1.29, 1.82) is 0 Å². The summed E-state index contributed by atoms with van der Waals surface area (Å²) in [6.07, 6.45) is 8.13. The molecule has 3 heterocycles. The highest BCUT2D eigenvalue weighted by Gasteiger charge is 2.36. The molecule has 2 aromatic heterocycles. The van der Waals surface area contributed by atoms with Crippen LogP contribution < -0.4 is 10.5 Å². The maximum absolute atomic E-state index is 13.1. The van der Waals surface area contributed by atoms with E-state index in [-0.39, 0.29) is 10.6 Å². The number of aryl methyl sites for hydroxylation is 1. The number of hydrogen-bond donors (Lipinski definition) is 0. The molecule has 1 saturated heterocycles. The van der Waals surface area contributed by atoms with Crippen molar-refractivity contribution >= 4 is 14.1 Å². The zero-order valence-corrected chi connectivity index (χ0v) is 19.7. The van der Waals surface area contributed by atoms with E-state index in [4.69, 9.17) is 14.1 Å². The van der Waals surface area contributed by atoms with Gasteiger partial charge in [0.15, 0.2) is 14.1 Å². The molecule has 9 heteroatoms. The topological polar surface area (TPSA) is 82.4 Å². The Balaban J connectivity index is 1.81. The van der Waals surface area contributed by atoms with Crippen molar-refractivity contribution in [3.63, 3.8) is 0 Å². The fourth-order valence-electron chi connectivity index (χ4n) is 3.03. The minimum absolute atomic E-state index is 0.159. The first-order valence-corrected chi connectivity index (χ1v) is 13.4. The number of anilines is 1. The van der Waals surface area contributed by atoms with Crippen LogP contribution in [0.5, 0.6) is 0 Å². The Morgan fingerprint density at radius 1 is 1.17 bits per heavy atom. The molecule has 0 radical (unpaired) electrons. The van der Waals surface area contributed by atoms with Crippen LogP contribution in [-0.2, 0) is 15.6 Å². The van der Waals surface area contributed by atoms with Crippen LogP contribution in [0.2, 0.25) is 18.1 Å². The summed E-state index contributed by atoms with van der Waals surface area (Å²) in [5, 5.41) is 0.190. The largest absolute Gasteiger partial charge is 0.417 e. The van der Waals surface area contributed by atoms with Crippen molar-refractivity contribution in [1.82, 2.24) is 19.5 Å².